The van der Waals surface area contributed by atoms with E-state index in [2.05, 4.69) is 9.16 Å². The third kappa shape index (κ3) is 2.93. The molecule has 0 aliphatic heterocycles. The molecule has 2 nitrogen and oxygen atoms in total. The van der Waals surface area contributed by atoms with E-state index in [0.29, 0.717) is 12.1 Å². The molecule has 1 unspecified atom stereocenters. The summed E-state index contributed by atoms with van der Waals surface area (Å²) in [6.45, 7) is 0. The standard InChI is InChI=1S/C10H10F6O2Si/c1-17-8(18-19,10(14,15)16)6-3-2-4-7(5-6)9(11,12)13/h2-5H,1,19H3. The average Bonchev–Trinajstić information content (AvgIpc) is 2.29. The van der Waals surface area contributed by atoms with Crippen LogP contribution in [0.2, 0.25) is 0 Å². The van der Waals surface area contributed by atoms with Crippen molar-refractivity contribution in [1.29, 1.82) is 0 Å². The summed E-state index contributed by atoms with van der Waals surface area (Å²) in [5.74, 6) is -3.17. The lowest BCUT2D eigenvalue weighted by molar-refractivity contribution is -0.354. The van der Waals surface area contributed by atoms with Crippen LogP contribution in [0.1, 0.15) is 11.1 Å². The fourth-order valence-electron chi connectivity index (χ4n) is 1.61. The number of hydrogen-bond donors (Lipinski definition) is 0. The zero-order valence-electron chi connectivity index (χ0n) is 9.89. The summed E-state index contributed by atoms with van der Waals surface area (Å²) in [6.07, 6.45) is -9.74. The minimum atomic E-state index is -4.99. The van der Waals surface area contributed by atoms with E-state index >= 15 is 0 Å². The molecule has 0 radical (unpaired) electrons. The Hall–Kier alpha value is -1.06. The fourth-order valence-corrected chi connectivity index (χ4v) is 2.25. The molecule has 0 heterocycles. The quantitative estimate of drug-likeness (QED) is 0.485. The third-order valence-corrected chi connectivity index (χ3v) is 3.09. The van der Waals surface area contributed by atoms with Crippen molar-refractivity contribution in [2.75, 3.05) is 7.11 Å². The Morgan fingerprint density at radius 2 is 1.53 bits per heavy atom. The lowest BCUT2D eigenvalue weighted by atomic mass is 10.0. The Balaban J connectivity index is 3.41. The van der Waals surface area contributed by atoms with Crippen LogP contribution in [0.5, 0.6) is 0 Å². The Bertz CT molecular complexity index is 438. The van der Waals surface area contributed by atoms with E-state index < -0.39 is 29.3 Å². The molecule has 0 fully saturated rings. The van der Waals surface area contributed by atoms with Gasteiger partial charge < -0.3 is 9.16 Å². The van der Waals surface area contributed by atoms with Crippen molar-refractivity contribution in [1.82, 2.24) is 0 Å². The molecule has 1 atom stereocenters. The van der Waals surface area contributed by atoms with Gasteiger partial charge in [-0.2, -0.15) is 26.3 Å². The monoisotopic (exact) mass is 304 g/mol. The molecule has 0 aliphatic carbocycles. The maximum Gasteiger partial charge on any atom is 0.447 e. The summed E-state index contributed by atoms with van der Waals surface area (Å²) in [6, 6.07) is 2.80. The second kappa shape index (κ2) is 5.14. The number of rotatable bonds is 3. The minimum absolute atomic E-state index is 0.368. The molecule has 1 aromatic carbocycles. The first-order valence-corrected chi connectivity index (χ1v) is 5.75. The molecule has 0 aromatic heterocycles. The maximum atomic E-state index is 13.0. The zero-order valence-corrected chi connectivity index (χ0v) is 11.9. The minimum Gasteiger partial charge on any atom is -0.391 e. The van der Waals surface area contributed by atoms with E-state index in [0.717, 1.165) is 19.2 Å². The number of alkyl halides is 6. The van der Waals surface area contributed by atoms with Crippen molar-refractivity contribution in [3.05, 3.63) is 35.4 Å². The largest absolute Gasteiger partial charge is 0.447 e. The van der Waals surface area contributed by atoms with Gasteiger partial charge >= 0.3 is 12.4 Å². The molecule has 0 saturated carbocycles. The van der Waals surface area contributed by atoms with E-state index in [1.165, 1.54) is 0 Å². The topological polar surface area (TPSA) is 18.5 Å². The molecule has 0 bridgehead atoms. The number of halogens is 6. The van der Waals surface area contributed by atoms with E-state index in [1.54, 1.807) is 0 Å². The number of hydrogen-bond acceptors (Lipinski definition) is 2. The van der Waals surface area contributed by atoms with E-state index in [-0.39, 0.29) is 10.5 Å². The molecule has 1 rings (SSSR count). The van der Waals surface area contributed by atoms with E-state index in [1.807, 2.05) is 0 Å². The Morgan fingerprint density at radius 1 is 1.00 bits per heavy atom. The lowest BCUT2D eigenvalue weighted by Gasteiger charge is -2.33. The molecule has 0 amide bonds. The van der Waals surface area contributed by atoms with Gasteiger partial charge in [-0.05, 0) is 12.1 Å². The average molecular weight is 304 g/mol. The van der Waals surface area contributed by atoms with Crippen LogP contribution < -0.4 is 0 Å². The van der Waals surface area contributed by atoms with Crippen molar-refractivity contribution in [3.8, 4) is 0 Å². The predicted molar refractivity (Wildman–Crippen MR) is 57.2 cm³/mol. The first-order chi connectivity index (χ1) is 8.58. The molecule has 0 N–H and O–H groups in total. The van der Waals surface area contributed by atoms with Crippen LogP contribution in [0.25, 0.3) is 0 Å². The Kier molecular flexibility index (Phi) is 4.32. The predicted octanol–water partition coefficient (Wildman–Crippen LogP) is 2.36. The molecule has 0 aliphatic rings. The summed E-state index contributed by atoms with van der Waals surface area (Å²) >= 11 is 0. The van der Waals surface area contributed by atoms with Gasteiger partial charge in [0.25, 0.3) is 5.79 Å². The van der Waals surface area contributed by atoms with Crippen molar-refractivity contribution >= 4 is 10.5 Å². The number of benzene rings is 1. The molecule has 9 heteroatoms. The summed E-state index contributed by atoms with van der Waals surface area (Å²) < 4.78 is 85.2. The van der Waals surface area contributed by atoms with Crippen molar-refractivity contribution in [2.24, 2.45) is 0 Å². The van der Waals surface area contributed by atoms with Gasteiger partial charge in [-0.25, -0.2) is 0 Å². The number of methoxy groups -OCH3 is 1. The fraction of sp³-hybridized carbons (Fsp3) is 0.400. The van der Waals surface area contributed by atoms with Crippen LogP contribution in [0.15, 0.2) is 24.3 Å². The highest BCUT2D eigenvalue weighted by molar-refractivity contribution is 5.98. The molecular weight excluding hydrogens is 294 g/mol. The summed E-state index contributed by atoms with van der Waals surface area (Å²) in [5, 5.41) is 0. The Labute approximate surface area is 107 Å². The third-order valence-electron chi connectivity index (χ3n) is 2.52. The maximum absolute atomic E-state index is 13.0. The van der Waals surface area contributed by atoms with Gasteiger partial charge in [-0.1, -0.05) is 12.1 Å². The first kappa shape index (κ1) is 16.0. The highest BCUT2D eigenvalue weighted by atomic mass is 28.2. The smallest absolute Gasteiger partial charge is 0.391 e. The van der Waals surface area contributed by atoms with Crippen LogP contribution in [-0.2, 0) is 21.1 Å². The SMILES string of the molecule is COC(O[SiH3])(c1cccc(C(F)(F)F)c1)C(F)(F)F. The lowest BCUT2D eigenvalue weighted by Crippen LogP contribution is -2.46. The first-order valence-electron chi connectivity index (χ1n) is 4.93. The summed E-state index contributed by atoms with van der Waals surface area (Å²) in [4.78, 5) is 0. The van der Waals surface area contributed by atoms with Crippen molar-refractivity contribution in [2.45, 2.75) is 18.1 Å². The van der Waals surface area contributed by atoms with Crippen LogP contribution in [0.4, 0.5) is 26.3 Å². The van der Waals surface area contributed by atoms with Crippen LogP contribution >= 0.6 is 0 Å². The second-order valence-corrected chi connectivity index (χ2v) is 4.01. The molecular formula is C10H10F6O2Si. The van der Waals surface area contributed by atoms with E-state index in [4.69, 9.17) is 0 Å². The molecule has 0 saturated heterocycles. The zero-order chi connectivity index (χ0) is 14.9. The number of ether oxygens (including phenoxy) is 1. The molecule has 1 aromatic rings. The van der Waals surface area contributed by atoms with Crippen LogP contribution in [-0.4, -0.2) is 23.8 Å². The van der Waals surface area contributed by atoms with Gasteiger partial charge in [0.2, 0.25) is 0 Å². The van der Waals surface area contributed by atoms with Gasteiger partial charge in [-0.15, -0.1) is 0 Å². The summed E-state index contributed by atoms with van der Waals surface area (Å²) in [7, 11) is 0.360. The van der Waals surface area contributed by atoms with Crippen LogP contribution in [0, 0.1) is 0 Å². The molecule has 0 spiro atoms. The van der Waals surface area contributed by atoms with Gasteiger partial charge in [0, 0.05) is 12.7 Å². The van der Waals surface area contributed by atoms with Gasteiger partial charge in [0.1, 0.15) is 0 Å². The van der Waals surface area contributed by atoms with Crippen molar-refractivity contribution < 1.29 is 35.5 Å². The highest BCUT2D eigenvalue weighted by Crippen LogP contribution is 2.43. The molecule has 108 valence electrons. The Morgan fingerprint density at radius 3 is 1.89 bits per heavy atom. The van der Waals surface area contributed by atoms with Gasteiger partial charge in [0.15, 0.2) is 10.5 Å². The van der Waals surface area contributed by atoms with Crippen molar-refractivity contribution in [3.63, 3.8) is 0 Å². The highest BCUT2D eigenvalue weighted by Gasteiger charge is 2.58. The second-order valence-electron chi connectivity index (χ2n) is 3.60. The van der Waals surface area contributed by atoms with Gasteiger partial charge in [-0.3, -0.25) is 0 Å². The van der Waals surface area contributed by atoms with E-state index in [9.17, 15) is 26.3 Å². The normalized spacial score (nSPS) is 16.4. The molecule has 19 heavy (non-hydrogen) atoms. The van der Waals surface area contributed by atoms with Gasteiger partial charge in [0.05, 0.1) is 5.56 Å². The van der Waals surface area contributed by atoms with Crippen LogP contribution in [0.3, 0.4) is 0 Å². The summed E-state index contributed by atoms with van der Waals surface area (Å²) in [5.41, 5.74) is -1.94.